The topological polar surface area (TPSA) is 127 Å². The molecule has 0 spiro atoms. The molecule has 0 saturated carbocycles. The van der Waals surface area contributed by atoms with Gasteiger partial charge in [-0.25, -0.2) is 0 Å². The predicted molar refractivity (Wildman–Crippen MR) is 435 cm³/mol. The van der Waals surface area contributed by atoms with Crippen LogP contribution in [-0.4, -0.2) is 71.5 Å². The van der Waals surface area contributed by atoms with E-state index in [0.717, 1.165) is 76.6 Å². The molecule has 0 N–H and O–H groups in total. The lowest BCUT2D eigenvalue weighted by Gasteiger charge is -2.32. The standard InChI is InChI=1S/C46H28N4.C36H36B2N2O4.C11H8BrN/c1-3-35(25-47-19-1)31-9-5-29(6-10-31)33-13-15-37-41(23-33)42-24-34(30-7-11-32(12-8-30)36-4-2-20-48-26-36)14-16-38(42)45(37)46-39-17-21-49-27-43(39)44-28-50-22-18-40(44)46;1-33(2)34(3,4)42-37(41-33)21-9-11-23-27(17-21)28-18-22(38-43-35(5,6)36(7,8)44-38)10-12-24(28)31(23)32-25-13-15-39-19-29(25)30-20-40-16-14-26(30)32;12-11-5-3-9(4-6-11)10-2-1-7-13-8-10/h1-28H;9-20H,1-8H3;1-8H. The highest BCUT2D eigenvalue weighted by Gasteiger charge is 2.53. The fourth-order valence-electron chi connectivity index (χ4n) is 15.5. The van der Waals surface area contributed by atoms with Crippen LogP contribution in [0.25, 0.3) is 122 Å². The fourth-order valence-corrected chi connectivity index (χ4v) is 15.8. The maximum Gasteiger partial charge on any atom is 0.494 e. The second-order valence-corrected chi connectivity index (χ2v) is 30.8. The number of hydrogen-bond acceptors (Lipinski definition) is 11. The van der Waals surface area contributed by atoms with Crippen LogP contribution in [0.3, 0.4) is 0 Å². The maximum atomic E-state index is 6.48. The van der Waals surface area contributed by atoms with Gasteiger partial charge >= 0.3 is 14.2 Å². The zero-order chi connectivity index (χ0) is 72.9. The molecular formula is C93H72B2BrN7O4. The number of nitrogens with zero attached hydrogens (tertiary/aromatic N) is 7. The molecular weight excluding hydrogens is 1380 g/mol. The summed E-state index contributed by atoms with van der Waals surface area (Å²) in [5.41, 5.74) is 35.6. The van der Waals surface area contributed by atoms with Gasteiger partial charge in [-0.3, -0.25) is 34.9 Å². The second kappa shape index (κ2) is 26.5. The molecule has 7 aromatic heterocycles. The molecule has 0 unspecified atom stereocenters. The van der Waals surface area contributed by atoms with Gasteiger partial charge in [0.25, 0.3) is 0 Å². The molecule has 6 aliphatic rings. The molecule has 0 atom stereocenters. The molecule has 0 bridgehead atoms. The number of pyridine rings is 7. The van der Waals surface area contributed by atoms with Crippen LogP contribution in [-0.2, 0) is 18.6 Å². The van der Waals surface area contributed by atoms with E-state index < -0.39 is 36.6 Å². The third kappa shape index (κ3) is 11.9. The fraction of sp³-hybridized carbons (Fsp3) is 0.129. The van der Waals surface area contributed by atoms with Crippen molar-refractivity contribution in [3.8, 4) is 100 Å². The number of benzene rings is 7. The molecule has 11 nitrogen and oxygen atoms in total. The summed E-state index contributed by atoms with van der Waals surface area (Å²) >= 11 is 3.40. The van der Waals surface area contributed by atoms with Gasteiger partial charge in [0.2, 0.25) is 0 Å². The van der Waals surface area contributed by atoms with Crippen LogP contribution in [0.15, 0.2) is 297 Å². The summed E-state index contributed by atoms with van der Waals surface area (Å²) in [5.74, 6) is 0. The van der Waals surface area contributed by atoms with Crippen molar-refractivity contribution in [3.63, 3.8) is 0 Å². The van der Waals surface area contributed by atoms with Crippen LogP contribution >= 0.6 is 15.9 Å². The van der Waals surface area contributed by atoms with E-state index in [4.69, 9.17) is 18.6 Å². The first-order chi connectivity index (χ1) is 51.9. The second-order valence-electron chi connectivity index (χ2n) is 29.9. The molecule has 2 aliphatic heterocycles. The van der Waals surface area contributed by atoms with Crippen molar-refractivity contribution in [2.24, 2.45) is 0 Å². The van der Waals surface area contributed by atoms with E-state index >= 15 is 0 Å². The molecule has 0 amide bonds. The molecule has 0 radical (unpaired) electrons. The molecule has 7 aromatic carbocycles. The van der Waals surface area contributed by atoms with Gasteiger partial charge in [-0.15, -0.1) is 0 Å². The van der Waals surface area contributed by atoms with Gasteiger partial charge in [-0.05, 0) is 278 Å². The Morgan fingerprint density at radius 3 is 0.757 bits per heavy atom. The summed E-state index contributed by atoms with van der Waals surface area (Å²) in [7, 11) is -0.913. The predicted octanol–water partition coefficient (Wildman–Crippen LogP) is 20.5. The van der Waals surface area contributed by atoms with Crippen LogP contribution in [0, 0.1) is 0 Å². The molecule has 9 heterocycles. The summed E-state index contributed by atoms with van der Waals surface area (Å²) in [5, 5.41) is 0. The largest absolute Gasteiger partial charge is 0.494 e. The Labute approximate surface area is 632 Å². The van der Waals surface area contributed by atoms with Crippen molar-refractivity contribution in [1.29, 1.82) is 0 Å². The van der Waals surface area contributed by atoms with Gasteiger partial charge in [0.05, 0.1) is 22.4 Å². The third-order valence-corrected chi connectivity index (χ3v) is 23.1. The van der Waals surface area contributed by atoms with Crippen molar-refractivity contribution in [1.82, 2.24) is 34.9 Å². The molecule has 20 rings (SSSR count). The van der Waals surface area contributed by atoms with Gasteiger partial charge in [-0.2, -0.15) is 0 Å². The van der Waals surface area contributed by atoms with Gasteiger partial charge < -0.3 is 18.6 Å². The normalized spacial score (nSPS) is 15.7. The van der Waals surface area contributed by atoms with Crippen molar-refractivity contribution < 1.29 is 18.6 Å². The zero-order valence-electron chi connectivity index (χ0n) is 60.5. The van der Waals surface area contributed by atoms with E-state index in [1.807, 2.05) is 111 Å². The Balaban J connectivity index is 0.000000130. The van der Waals surface area contributed by atoms with E-state index in [9.17, 15) is 0 Å². The Hall–Kier alpha value is -11.5. The SMILES string of the molecule is Brc1ccc(-c2cccnc2)cc1.CC1(C)OB(c2ccc3c(c2)-c2cc(B4OC(C)(C)C(C)(C)O4)ccc2C3=C2c3ccncc3-c3cnccc32)OC1(C)C.c1cncc(-c2ccc(-c3ccc4c(c3)-c3cc(-c5ccc(-c6cccnc6)cc5)ccc3C4=C3c4ccncc4-c4cnccc43)cc2)c1. The van der Waals surface area contributed by atoms with E-state index in [0.29, 0.717) is 0 Å². The lowest BCUT2D eigenvalue weighted by atomic mass is 9.76. The lowest BCUT2D eigenvalue weighted by Crippen LogP contribution is -2.41. The maximum absolute atomic E-state index is 6.48. The zero-order valence-corrected chi connectivity index (χ0v) is 62.1. The number of fused-ring (bicyclic) bond motifs is 12. The smallest absolute Gasteiger partial charge is 0.399 e. The third-order valence-electron chi connectivity index (χ3n) is 22.5. The summed E-state index contributed by atoms with van der Waals surface area (Å²) in [6, 6.07) is 73.6. The minimum absolute atomic E-state index is 0.426. The van der Waals surface area contributed by atoms with Crippen LogP contribution in [0.4, 0.5) is 0 Å². The lowest BCUT2D eigenvalue weighted by molar-refractivity contribution is 0.00578. The molecule has 516 valence electrons. The van der Waals surface area contributed by atoms with Crippen molar-refractivity contribution in [2.45, 2.75) is 77.8 Å². The highest BCUT2D eigenvalue weighted by atomic mass is 79.9. The molecule has 2 saturated heterocycles. The Morgan fingerprint density at radius 2 is 0.467 bits per heavy atom. The summed E-state index contributed by atoms with van der Waals surface area (Å²) in [6.45, 7) is 16.7. The Bertz CT molecular complexity index is 5560. The van der Waals surface area contributed by atoms with Crippen LogP contribution < -0.4 is 10.9 Å². The minimum atomic E-state index is -0.457. The van der Waals surface area contributed by atoms with Crippen molar-refractivity contribution in [2.75, 3.05) is 0 Å². The number of aromatic nitrogens is 7. The van der Waals surface area contributed by atoms with E-state index in [-0.39, 0.29) is 0 Å². The van der Waals surface area contributed by atoms with Crippen molar-refractivity contribution >= 4 is 63.4 Å². The summed E-state index contributed by atoms with van der Waals surface area (Å²) in [4.78, 5) is 30.6. The van der Waals surface area contributed by atoms with Gasteiger partial charge in [-0.1, -0.05) is 155 Å². The first-order valence-corrected chi connectivity index (χ1v) is 37.0. The molecule has 107 heavy (non-hydrogen) atoms. The monoisotopic (exact) mass is 1450 g/mol. The van der Waals surface area contributed by atoms with Crippen molar-refractivity contribution in [3.05, 3.63) is 342 Å². The van der Waals surface area contributed by atoms with Crippen LogP contribution in [0.1, 0.15) is 99.9 Å². The number of hydrogen-bond donors (Lipinski definition) is 0. The average Bonchev–Trinajstić information content (AvgIpc) is 1.56. The highest BCUT2D eigenvalue weighted by molar-refractivity contribution is 9.10. The Morgan fingerprint density at radius 1 is 0.224 bits per heavy atom. The first kappa shape index (κ1) is 67.4. The minimum Gasteiger partial charge on any atom is -0.399 e. The van der Waals surface area contributed by atoms with Gasteiger partial charge in [0.1, 0.15) is 0 Å². The number of halogens is 1. The van der Waals surface area contributed by atoms with E-state index in [1.165, 1.54) is 106 Å². The number of rotatable bonds is 7. The van der Waals surface area contributed by atoms with Crippen LogP contribution in [0.5, 0.6) is 0 Å². The summed E-state index contributed by atoms with van der Waals surface area (Å²) in [6.07, 6.45) is 26.4. The first-order valence-electron chi connectivity index (χ1n) is 36.2. The molecule has 14 aromatic rings. The summed E-state index contributed by atoms with van der Waals surface area (Å²) < 4.78 is 27.0. The van der Waals surface area contributed by atoms with Gasteiger partial charge in [0, 0.05) is 113 Å². The quantitative estimate of drug-likeness (QED) is 0.142. The molecule has 4 aliphatic carbocycles. The molecule has 14 heteroatoms. The van der Waals surface area contributed by atoms with E-state index in [1.54, 1.807) is 6.20 Å². The average molecular weight is 1450 g/mol. The van der Waals surface area contributed by atoms with Crippen LogP contribution in [0.2, 0.25) is 0 Å². The Kier molecular flexibility index (Phi) is 16.7. The highest BCUT2D eigenvalue weighted by Crippen LogP contribution is 2.57. The van der Waals surface area contributed by atoms with Gasteiger partial charge in [0.15, 0.2) is 0 Å². The van der Waals surface area contributed by atoms with E-state index in [2.05, 4.69) is 282 Å². The molecule has 2 fully saturated rings.